The average molecular weight is 611 g/mol. The first kappa shape index (κ1) is 27.9. The number of fused-ring (bicyclic) bond motifs is 3. The maximum atomic E-state index is 5.34. The van der Waals surface area contributed by atoms with Crippen LogP contribution in [0.15, 0.2) is 182 Å². The van der Waals surface area contributed by atoms with Crippen molar-refractivity contribution in [1.82, 2.24) is 9.97 Å². The first-order valence-corrected chi connectivity index (χ1v) is 16.3. The Balaban J connectivity index is 1.28. The second-order valence-corrected chi connectivity index (χ2v) is 12.1. The lowest BCUT2D eigenvalue weighted by molar-refractivity contribution is 1.19. The van der Waals surface area contributed by atoms with Gasteiger partial charge in [-0.25, -0.2) is 9.97 Å². The van der Waals surface area contributed by atoms with Gasteiger partial charge in [0.1, 0.15) is 0 Å². The number of aromatic nitrogens is 2. The van der Waals surface area contributed by atoms with Gasteiger partial charge in [-0.1, -0.05) is 170 Å². The van der Waals surface area contributed by atoms with Crippen molar-refractivity contribution in [2.75, 3.05) is 0 Å². The molecule has 0 fully saturated rings. The molecule has 0 aliphatic heterocycles. The summed E-state index contributed by atoms with van der Waals surface area (Å²) in [6, 6.07) is 64.4. The number of hydrogen-bond donors (Lipinski definition) is 0. The van der Waals surface area contributed by atoms with Crippen LogP contribution in [-0.2, 0) is 0 Å². The molecule has 8 aromatic carbocycles. The van der Waals surface area contributed by atoms with Gasteiger partial charge in [-0.15, -0.1) is 0 Å². The lowest BCUT2D eigenvalue weighted by Gasteiger charge is -2.16. The van der Waals surface area contributed by atoms with Crippen LogP contribution in [0.25, 0.3) is 88.5 Å². The summed E-state index contributed by atoms with van der Waals surface area (Å²) in [5, 5.41) is 7.16. The molecule has 0 amide bonds. The summed E-state index contributed by atoms with van der Waals surface area (Å²) in [6.45, 7) is 0. The standard InChI is InChI=1S/C46H30N2/c1-3-14-31(15-4-1)35-26-29-43(40-24-12-9-21-36(35)40)46-47-44(33-17-5-2-6-18-33)30-45(48-46)42-28-27-41(38-22-10-11-23-39(38)42)37-25-13-19-32-16-7-8-20-34(32)37/h1-30H. The van der Waals surface area contributed by atoms with Gasteiger partial charge < -0.3 is 0 Å². The van der Waals surface area contributed by atoms with Crippen molar-refractivity contribution in [2.24, 2.45) is 0 Å². The smallest absolute Gasteiger partial charge is 0.161 e. The second kappa shape index (κ2) is 11.8. The van der Waals surface area contributed by atoms with Crippen molar-refractivity contribution in [1.29, 1.82) is 0 Å². The average Bonchev–Trinajstić information content (AvgIpc) is 3.17. The lowest BCUT2D eigenvalue weighted by Crippen LogP contribution is -1.98. The minimum absolute atomic E-state index is 0.712. The highest BCUT2D eigenvalue weighted by molar-refractivity contribution is 6.10. The van der Waals surface area contributed by atoms with Crippen LogP contribution >= 0.6 is 0 Å². The van der Waals surface area contributed by atoms with Gasteiger partial charge in [0, 0.05) is 16.7 Å². The topological polar surface area (TPSA) is 25.8 Å². The molecule has 0 N–H and O–H groups in total. The molecule has 2 nitrogen and oxygen atoms in total. The van der Waals surface area contributed by atoms with Crippen LogP contribution in [0, 0.1) is 0 Å². The maximum absolute atomic E-state index is 5.34. The van der Waals surface area contributed by atoms with Gasteiger partial charge >= 0.3 is 0 Å². The van der Waals surface area contributed by atoms with Crippen LogP contribution in [0.2, 0.25) is 0 Å². The molecule has 224 valence electrons. The molecule has 9 rings (SSSR count). The molecule has 0 aliphatic carbocycles. The molecular weight excluding hydrogens is 581 g/mol. The Morgan fingerprint density at radius 3 is 1.46 bits per heavy atom. The number of hydrogen-bond acceptors (Lipinski definition) is 2. The molecule has 0 bridgehead atoms. The van der Waals surface area contributed by atoms with E-state index in [-0.39, 0.29) is 0 Å². The molecular formula is C46H30N2. The van der Waals surface area contributed by atoms with E-state index in [1.807, 2.05) is 6.07 Å². The van der Waals surface area contributed by atoms with Crippen molar-refractivity contribution in [3.8, 4) is 56.2 Å². The fraction of sp³-hybridized carbons (Fsp3) is 0. The van der Waals surface area contributed by atoms with Gasteiger partial charge in [0.25, 0.3) is 0 Å². The Morgan fingerprint density at radius 2 is 0.729 bits per heavy atom. The van der Waals surface area contributed by atoms with Crippen molar-refractivity contribution in [3.63, 3.8) is 0 Å². The fourth-order valence-corrected chi connectivity index (χ4v) is 7.04. The van der Waals surface area contributed by atoms with Gasteiger partial charge in [0.05, 0.1) is 11.4 Å². The summed E-state index contributed by atoms with van der Waals surface area (Å²) < 4.78 is 0. The summed E-state index contributed by atoms with van der Waals surface area (Å²) >= 11 is 0. The summed E-state index contributed by atoms with van der Waals surface area (Å²) in [7, 11) is 0. The maximum Gasteiger partial charge on any atom is 0.161 e. The third-order valence-electron chi connectivity index (χ3n) is 9.33. The molecule has 1 heterocycles. The van der Waals surface area contributed by atoms with E-state index in [0.29, 0.717) is 5.82 Å². The predicted octanol–water partition coefficient (Wildman–Crippen LogP) is 12.3. The van der Waals surface area contributed by atoms with E-state index in [0.717, 1.165) is 38.9 Å². The summed E-state index contributed by atoms with van der Waals surface area (Å²) in [5.74, 6) is 0.712. The minimum Gasteiger partial charge on any atom is -0.228 e. The first-order valence-electron chi connectivity index (χ1n) is 16.3. The second-order valence-electron chi connectivity index (χ2n) is 12.1. The number of benzene rings is 8. The van der Waals surface area contributed by atoms with Gasteiger partial charge in [0.2, 0.25) is 0 Å². The Bertz CT molecular complexity index is 2600. The summed E-state index contributed by atoms with van der Waals surface area (Å²) in [6.07, 6.45) is 0. The number of rotatable bonds is 5. The third-order valence-corrected chi connectivity index (χ3v) is 9.33. The summed E-state index contributed by atoms with van der Waals surface area (Å²) in [4.78, 5) is 10.6. The van der Waals surface area contributed by atoms with Gasteiger partial charge in [0.15, 0.2) is 5.82 Å². The zero-order valence-corrected chi connectivity index (χ0v) is 26.2. The molecule has 0 aliphatic rings. The minimum atomic E-state index is 0.712. The lowest BCUT2D eigenvalue weighted by atomic mass is 9.91. The highest BCUT2D eigenvalue weighted by atomic mass is 14.9. The molecule has 0 saturated heterocycles. The first-order chi connectivity index (χ1) is 23.8. The van der Waals surface area contributed by atoms with Gasteiger partial charge in [-0.3, -0.25) is 0 Å². The van der Waals surface area contributed by atoms with Crippen LogP contribution in [0.5, 0.6) is 0 Å². The Hall–Kier alpha value is -6.38. The normalized spacial score (nSPS) is 11.3. The highest BCUT2D eigenvalue weighted by Crippen LogP contribution is 2.40. The molecule has 2 heteroatoms. The van der Waals surface area contributed by atoms with E-state index in [2.05, 4.69) is 176 Å². The largest absolute Gasteiger partial charge is 0.228 e. The van der Waals surface area contributed by atoms with E-state index in [4.69, 9.17) is 9.97 Å². The summed E-state index contributed by atoms with van der Waals surface area (Å²) in [5.41, 5.74) is 9.79. The predicted molar refractivity (Wildman–Crippen MR) is 202 cm³/mol. The highest BCUT2D eigenvalue weighted by Gasteiger charge is 2.17. The van der Waals surface area contributed by atoms with Gasteiger partial charge in [-0.05, 0) is 66.7 Å². The van der Waals surface area contributed by atoms with Crippen LogP contribution in [0.4, 0.5) is 0 Å². The number of nitrogens with zero attached hydrogens (tertiary/aromatic N) is 2. The molecule has 0 radical (unpaired) electrons. The fourth-order valence-electron chi connectivity index (χ4n) is 7.04. The van der Waals surface area contributed by atoms with Crippen molar-refractivity contribution in [2.45, 2.75) is 0 Å². The van der Waals surface area contributed by atoms with E-state index >= 15 is 0 Å². The molecule has 0 saturated carbocycles. The molecule has 0 spiro atoms. The Morgan fingerprint density at radius 1 is 0.271 bits per heavy atom. The van der Waals surface area contributed by atoms with Crippen molar-refractivity contribution < 1.29 is 0 Å². The zero-order valence-electron chi connectivity index (χ0n) is 26.2. The monoisotopic (exact) mass is 610 g/mol. The SMILES string of the molecule is c1ccc(-c2cc(-c3ccc(-c4cccc5ccccc45)c4ccccc34)nc(-c3ccc(-c4ccccc4)c4ccccc34)n2)cc1. The van der Waals surface area contributed by atoms with Crippen LogP contribution in [0.3, 0.4) is 0 Å². The van der Waals surface area contributed by atoms with E-state index in [9.17, 15) is 0 Å². The van der Waals surface area contributed by atoms with Crippen molar-refractivity contribution >= 4 is 32.3 Å². The van der Waals surface area contributed by atoms with Crippen LogP contribution < -0.4 is 0 Å². The quantitative estimate of drug-likeness (QED) is 0.194. The Labute approximate surface area is 279 Å². The Kier molecular flexibility index (Phi) is 6.84. The molecule has 1 aromatic heterocycles. The van der Waals surface area contributed by atoms with Crippen LogP contribution in [-0.4, -0.2) is 9.97 Å². The molecule has 9 aromatic rings. The van der Waals surface area contributed by atoms with E-state index < -0.39 is 0 Å². The van der Waals surface area contributed by atoms with Crippen LogP contribution in [0.1, 0.15) is 0 Å². The van der Waals surface area contributed by atoms with E-state index in [1.165, 1.54) is 43.8 Å². The molecule has 0 unspecified atom stereocenters. The van der Waals surface area contributed by atoms with E-state index in [1.54, 1.807) is 0 Å². The zero-order chi connectivity index (χ0) is 31.9. The van der Waals surface area contributed by atoms with Crippen molar-refractivity contribution in [3.05, 3.63) is 182 Å². The van der Waals surface area contributed by atoms with Gasteiger partial charge in [-0.2, -0.15) is 0 Å². The third kappa shape index (κ3) is 4.83. The molecule has 0 atom stereocenters. The molecule has 48 heavy (non-hydrogen) atoms.